The van der Waals surface area contributed by atoms with E-state index in [0.29, 0.717) is 12.0 Å². The Morgan fingerprint density at radius 2 is 2.11 bits per heavy atom. The second-order valence-corrected chi connectivity index (χ2v) is 7.73. The van der Waals surface area contributed by atoms with Crippen molar-refractivity contribution < 1.29 is 4.74 Å². The smallest absolute Gasteiger partial charge is 0.145 e. The summed E-state index contributed by atoms with van der Waals surface area (Å²) in [6.45, 7) is 8.57. The minimum absolute atomic E-state index is 0.433. The van der Waals surface area contributed by atoms with Crippen molar-refractivity contribution in [3.8, 4) is 5.75 Å². The van der Waals surface area contributed by atoms with E-state index in [9.17, 15) is 0 Å². The lowest BCUT2D eigenvalue weighted by Gasteiger charge is -2.34. The van der Waals surface area contributed by atoms with Crippen molar-refractivity contribution >= 4 is 16.7 Å². The van der Waals surface area contributed by atoms with Crippen LogP contribution in [0.3, 0.4) is 0 Å². The van der Waals surface area contributed by atoms with Gasteiger partial charge >= 0.3 is 0 Å². The summed E-state index contributed by atoms with van der Waals surface area (Å²) in [7, 11) is 1.71. The topological polar surface area (TPSA) is 43.2 Å². The number of hydrogen-bond donors (Lipinski definition) is 0. The lowest BCUT2D eigenvalue weighted by Crippen LogP contribution is -2.36. The number of piperidine rings is 1. The van der Waals surface area contributed by atoms with Crippen molar-refractivity contribution in [1.29, 1.82) is 0 Å². The summed E-state index contributed by atoms with van der Waals surface area (Å²) in [4.78, 5) is 12.1. The number of para-hydroxylation sites is 1. The second kappa shape index (κ2) is 7.22. The zero-order valence-electron chi connectivity index (χ0n) is 16.6. The average molecular weight is 364 g/mol. The molecule has 3 aromatic rings. The summed E-state index contributed by atoms with van der Waals surface area (Å²) >= 11 is 0. The fourth-order valence-electron chi connectivity index (χ4n) is 4.17. The molecule has 0 N–H and O–H groups in total. The van der Waals surface area contributed by atoms with Gasteiger partial charge in [0, 0.05) is 42.8 Å². The Labute approximate surface area is 161 Å². The molecule has 4 rings (SSSR count). The van der Waals surface area contributed by atoms with Crippen LogP contribution in [0.5, 0.6) is 5.75 Å². The van der Waals surface area contributed by atoms with E-state index in [4.69, 9.17) is 9.72 Å². The summed E-state index contributed by atoms with van der Waals surface area (Å²) in [6.07, 6.45) is 6.36. The van der Waals surface area contributed by atoms with Crippen LogP contribution in [0.15, 0.2) is 36.7 Å². The highest BCUT2D eigenvalue weighted by atomic mass is 16.5. The summed E-state index contributed by atoms with van der Waals surface area (Å²) in [5.41, 5.74) is 2.18. The van der Waals surface area contributed by atoms with Crippen LogP contribution in [0.2, 0.25) is 0 Å². The van der Waals surface area contributed by atoms with E-state index < -0.39 is 0 Å². The largest absolute Gasteiger partial charge is 0.494 e. The number of rotatable bonds is 4. The van der Waals surface area contributed by atoms with Gasteiger partial charge in [-0.2, -0.15) is 0 Å². The third-order valence-corrected chi connectivity index (χ3v) is 5.58. The molecule has 2 aromatic heterocycles. The number of aryl methyl sites for hydroxylation is 1. The number of methoxy groups -OCH3 is 1. The first-order valence-corrected chi connectivity index (χ1v) is 9.80. The van der Waals surface area contributed by atoms with Crippen LogP contribution in [0.1, 0.15) is 50.0 Å². The number of imidazole rings is 1. The molecule has 0 aliphatic carbocycles. The quantitative estimate of drug-likeness (QED) is 0.672. The summed E-state index contributed by atoms with van der Waals surface area (Å²) < 4.78 is 7.85. The highest BCUT2D eigenvalue weighted by Crippen LogP contribution is 2.33. The molecule has 142 valence electrons. The SMILES string of the molecule is COc1cccc2c(C)cc(N3CCC[C@@H](c4nccn4C(C)C)C3)nc12. The first kappa shape index (κ1) is 17.8. The predicted octanol–water partition coefficient (Wildman–Crippen LogP) is 4.71. The van der Waals surface area contributed by atoms with Crippen molar-refractivity contribution in [1.82, 2.24) is 14.5 Å². The Bertz CT molecular complexity index is 947. The number of nitrogens with zero attached hydrogens (tertiary/aromatic N) is 4. The molecule has 1 aliphatic heterocycles. The van der Waals surface area contributed by atoms with Crippen LogP contribution in [0, 0.1) is 6.92 Å². The van der Waals surface area contributed by atoms with E-state index in [1.165, 1.54) is 17.8 Å². The summed E-state index contributed by atoms with van der Waals surface area (Å²) in [5.74, 6) is 3.51. The number of benzene rings is 1. The lowest BCUT2D eigenvalue weighted by atomic mass is 9.96. The maximum atomic E-state index is 5.55. The first-order chi connectivity index (χ1) is 13.1. The molecule has 5 nitrogen and oxygen atoms in total. The average Bonchev–Trinajstić information content (AvgIpc) is 3.18. The summed E-state index contributed by atoms with van der Waals surface area (Å²) in [5, 5.41) is 1.15. The van der Waals surface area contributed by atoms with Gasteiger partial charge in [0.15, 0.2) is 0 Å². The van der Waals surface area contributed by atoms with Crippen molar-refractivity contribution in [3.63, 3.8) is 0 Å². The molecule has 3 heterocycles. The molecule has 1 saturated heterocycles. The van der Waals surface area contributed by atoms with Gasteiger partial charge in [-0.05, 0) is 51.3 Å². The number of ether oxygens (including phenoxy) is 1. The molecular formula is C22H28N4O. The molecular weight excluding hydrogens is 336 g/mol. The first-order valence-electron chi connectivity index (χ1n) is 9.80. The van der Waals surface area contributed by atoms with Gasteiger partial charge in [-0.15, -0.1) is 0 Å². The van der Waals surface area contributed by atoms with E-state index in [1.54, 1.807) is 7.11 Å². The third-order valence-electron chi connectivity index (χ3n) is 5.58. The van der Waals surface area contributed by atoms with Crippen LogP contribution < -0.4 is 9.64 Å². The second-order valence-electron chi connectivity index (χ2n) is 7.73. The van der Waals surface area contributed by atoms with Gasteiger partial charge in [0.25, 0.3) is 0 Å². The summed E-state index contributed by atoms with van der Waals surface area (Å²) in [6, 6.07) is 8.76. The normalized spacial score (nSPS) is 17.7. The van der Waals surface area contributed by atoms with Gasteiger partial charge in [-0.3, -0.25) is 0 Å². The van der Waals surface area contributed by atoms with Crippen molar-refractivity contribution in [2.45, 2.75) is 45.6 Å². The Morgan fingerprint density at radius 3 is 2.89 bits per heavy atom. The molecule has 0 saturated carbocycles. The molecule has 1 fully saturated rings. The van der Waals surface area contributed by atoms with Gasteiger partial charge in [0.1, 0.15) is 22.9 Å². The number of hydrogen-bond acceptors (Lipinski definition) is 4. The van der Waals surface area contributed by atoms with E-state index in [1.807, 2.05) is 18.3 Å². The highest BCUT2D eigenvalue weighted by molar-refractivity contribution is 5.88. The molecule has 0 bridgehead atoms. The van der Waals surface area contributed by atoms with Crippen LogP contribution >= 0.6 is 0 Å². The Balaban J connectivity index is 1.68. The fraction of sp³-hybridized carbons (Fsp3) is 0.455. The zero-order chi connectivity index (χ0) is 19.0. The fourth-order valence-corrected chi connectivity index (χ4v) is 4.17. The minimum Gasteiger partial charge on any atom is -0.494 e. The minimum atomic E-state index is 0.433. The van der Waals surface area contributed by atoms with Gasteiger partial charge in [0.2, 0.25) is 0 Å². The predicted molar refractivity (Wildman–Crippen MR) is 110 cm³/mol. The monoisotopic (exact) mass is 364 g/mol. The Hall–Kier alpha value is -2.56. The molecule has 0 radical (unpaired) electrons. The van der Waals surface area contributed by atoms with Crippen LogP contribution in [-0.2, 0) is 0 Å². The van der Waals surface area contributed by atoms with E-state index in [-0.39, 0.29) is 0 Å². The number of fused-ring (bicyclic) bond motifs is 1. The standard InChI is InChI=1S/C22H28N4O/c1-15(2)26-12-10-23-22(26)17-7-6-11-25(14-17)20-13-16(3)18-8-5-9-19(27-4)21(18)24-20/h5,8-10,12-13,15,17H,6-7,11,14H2,1-4H3/t17-/m1/s1. The van der Waals surface area contributed by atoms with Gasteiger partial charge in [0.05, 0.1) is 7.11 Å². The Kier molecular flexibility index (Phi) is 4.77. The molecule has 1 aliphatic rings. The van der Waals surface area contributed by atoms with E-state index in [0.717, 1.165) is 42.0 Å². The lowest BCUT2D eigenvalue weighted by molar-refractivity contribution is 0.418. The van der Waals surface area contributed by atoms with E-state index >= 15 is 0 Å². The molecule has 1 aromatic carbocycles. The zero-order valence-corrected chi connectivity index (χ0v) is 16.6. The van der Waals surface area contributed by atoms with Gasteiger partial charge in [-0.25, -0.2) is 9.97 Å². The van der Waals surface area contributed by atoms with Crippen LogP contribution in [0.25, 0.3) is 10.9 Å². The van der Waals surface area contributed by atoms with Crippen molar-refractivity contribution in [2.24, 2.45) is 0 Å². The maximum Gasteiger partial charge on any atom is 0.145 e. The molecule has 27 heavy (non-hydrogen) atoms. The maximum absolute atomic E-state index is 5.55. The van der Waals surface area contributed by atoms with Crippen molar-refractivity contribution in [3.05, 3.63) is 48.0 Å². The van der Waals surface area contributed by atoms with E-state index in [2.05, 4.69) is 53.6 Å². The van der Waals surface area contributed by atoms with Crippen LogP contribution in [0.4, 0.5) is 5.82 Å². The number of aromatic nitrogens is 3. The Morgan fingerprint density at radius 1 is 1.26 bits per heavy atom. The molecule has 5 heteroatoms. The number of anilines is 1. The highest BCUT2D eigenvalue weighted by Gasteiger charge is 2.26. The third kappa shape index (κ3) is 3.27. The van der Waals surface area contributed by atoms with Gasteiger partial charge in [-0.1, -0.05) is 12.1 Å². The molecule has 1 atom stereocenters. The molecule has 0 unspecified atom stereocenters. The van der Waals surface area contributed by atoms with Crippen LogP contribution in [-0.4, -0.2) is 34.7 Å². The molecule has 0 spiro atoms. The number of pyridine rings is 1. The molecule has 0 amide bonds. The van der Waals surface area contributed by atoms with Crippen molar-refractivity contribution in [2.75, 3.05) is 25.1 Å². The van der Waals surface area contributed by atoms with Gasteiger partial charge < -0.3 is 14.2 Å².